The van der Waals surface area contributed by atoms with E-state index in [9.17, 15) is 43.2 Å². The van der Waals surface area contributed by atoms with Gasteiger partial charge in [0.05, 0.1) is 26.4 Å². The number of phosphoric ester groups is 2. The van der Waals surface area contributed by atoms with Crippen molar-refractivity contribution in [2.45, 2.75) is 509 Å². The van der Waals surface area contributed by atoms with Crippen LogP contribution in [0, 0.1) is 5.92 Å². The zero-order valence-electron chi connectivity index (χ0n) is 71.7. The Bertz CT molecular complexity index is 2070. The summed E-state index contributed by atoms with van der Waals surface area (Å²) in [5.41, 5.74) is 0. The molecule has 0 aromatic rings. The predicted molar refractivity (Wildman–Crippen MR) is 451 cm³/mol. The van der Waals surface area contributed by atoms with E-state index >= 15 is 0 Å². The lowest BCUT2D eigenvalue weighted by Crippen LogP contribution is -2.30. The Balaban J connectivity index is 5.21. The molecule has 0 bridgehead atoms. The van der Waals surface area contributed by atoms with Crippen molar-refractivity contribution >= 4 is 39.5 Å². The molecule has 19 heteroatoms. The molecule has 0 saturated heterocycles. The number of phosphoric acid groups is 2. The van der Waals surface area contributed by atoms with Crippen molar-refractivity contribution in [2.24, 2.45) is 5.92 Å². The van der Waals surface area contributed by atoms with E-state index in [1.807, 2.05) is 0 Å². The van der Waals surface area contributed by atoms with Crippen LogP contribution in [0.15, 0.2) is 0 Å². The summed E-state index contributed by atoms with van der Waals surface area (Å²) in [6.07, 6.45) is 78.1. The van der Waals surface area contributed by atoms with E-state index in [2.05, 4.69) is 34.6 Å². The van der Waals surface area contributed by atoms with E-state index in [1.165, 1.54) is 308 Å². The second kappa shape index (κ2) is 82.6. The maximum atomic E-state index is 13.2. The van der Waals surface area contributed by atoms with Gasteiger partial charge in [0, 0.05) is 25.7 Å². The molecule has 17 nitrogen and oxygen atoms in total. The van der Waals surface area contributed by atoms with Crippen LogP contribution in [0.2, 0.25) is 0 Å². The van der Waals surface area contributed by atoms with Crippen molar-refractivity contribution in [3.63, 3.8) is 0 Å². The van der Waals surface area contributed by atoms with Gasteiger partial charge in [-0.15, -0.1) is 0 Å². The molecule has 648 valence electrons. The summed E-state index contributed by atoms with van der Waals surface area (Å²) < 4.78 is 69.0. The highest BCUT2D eigenvalue weighted by Gasteiger charge is 2.31. The average Bonchev–Trinajstić information content (AvgIpc) is 0.899. The van der Waals surface area contributed by atoms with E-state index in [0.717, 1.165) is 96.3 Å². The highest BCUT2D eigenvalue weighted by molar-refractivity contribution is 7.47. The summed E-state index contributed by atoms with van der Waals surface area (Å²) in [4.78, 5) is 73.3. The molecular formula is C90H176O17P2. The summed E-state index contributed by atoms with van der Waals surface area (Å²) in [5.74, 6) is -1.39. The van der Waals surface area contributed by atoms with E-state index < -0.39 is 97.5 Å². The second-order valence-corrected chi connectivity index (χ2v) is 35.7. The Labute approximate surface area is 670 Å². The molecule has 0 aromatic heterocycles. The van der Waals surface area contributed by atoms with Crippen LogP contribution in [-0.2, 0) is 65.4 Å². The molecule has 0 aliphatic carbocycles. The fourth-order valence-corrected chi connectivity index (χ4v) is 15.8. The molecule has 109 heavy (non-hydrogen) atoms. The summed E-state index contributed by atoms with van der Waals surface area (Å²) >= 11 is 0. The van der Waals surface area contributed by atoms with Gasteiger partial charge >= 0.3 is 39.5 Å². The van der Waals surface area contributed by atoms with Crippen LogP contribution >= 0.6 is 15.6 Å². The molecule has 0 heterocycles. The fourth-order valence-electron chi connectivity index (χ4n) is 14.2. The SMILES string of the molecule is CCCCCCCCCCCCCCCCCCCCCCC(=O)OC[C@H](COP(=O)(O)OC[C@@H](O)COP(=O)(O)OC[C@@H](COC(=O)CCCCCCCCCC(C)C)OC(=O)CCCCCCCCCCCCCCCCCCCCC)OC(=O)CCCCCCCCCCCCCCCCCCCCCC. The van der Waals surface area contributed by atoms with Crippen molar-refractivity contribution < 1.29 is 80.2 Å². The van der Waals surface area contributed by atoms with Crippen LogP contribution in [0.3, 0.4) is 0 Å². The third kappa shape index (κ3) is 83.8. The molecule has 0 saturated carbocycles. The third-order valence-electron chi connectivity index (χ3n) is 21.3. The number of carbonyl (C=O) groups is 4. The Morgan fingerprint density at radius 2 is 0.422 bits per heavy atom. The molecule has 0 radical (unpaired) electrons. The number of rotatable bonds is 90. The highest BCUT2D eigenvalue weighted by atomic mass is 31.2. The highest BCUT2D eigenvalue weighted by Crippen LogP contribution is 2.45. The van der Waals surface area contributed by atoms with Crippen LogP contribution in [0.1, 0.15) is 490 Å². The first-order valence-electron chi connectivity index (χ1n) is 46.6. The summed E-state index contributed by atoms with van der Waals surface area (Å²) in [7, 11) is -9.93. The van der Waals surface area contributed by atoms with Crippen LogP contribution < -0.4 is 0 Å². The van der Waals surface area contributed by atoms with Gasteiger partial charge in [-0.3, -0.25) is 37.3 Å². The largest absolute Gasteiger partial charge is 0.472 e. The van der Waals surface area contributed by atoms with Crippen LogP contribution in [0.4, 0.5) is 0 Å². The minimum absolute atomic E-state index is 0.108. The summed E-state index contributed by atoms with van der Waals surface area (Å²) in [6.45, 7) is 7.33. The molecule has 0 aromatic carbocycles. The van der Waals surface area contributed by atoms with Gasteiger partial charge in [-0.2, -0.15) is 0 Å². The standard InChI is InChI=1S/C90H176O17P2/c1-6-9-12-15-18-21-24-27-30-33-36-39-41-44-47-50-53-58-63-68-73-87(92)100-79-85(106-89(94)75-70-66-60-55-52-49-46-43-40-37-34-31-28-25-22-19-16-13-10-7-2)81-104-108(96,97)102-77-84(91)78-103-109(98,99)105-82-86(80-101-88(93)74-69-64-61-56-57-62-67-72-83(4)5)107-90(95)76-71-65-59-54-51-48-45-42-38-35-32-29-26-23-20-17-14-11-8-3/h83-86,91H,6-82H2,1-5H3,(H,96,97)(H,98,99)/t84-,85-,86-/m1/s1. The van der Waals surface area contributed by atoms with Gasteiger partial charge in [-0.25, -0.2) is 9.13 Å². The molecule has 0 rings (SSSR count). The van der Waals surface area contributed by atoms with E-state index in [1.54, 1.807) is 0 Å². The summed E-state index contributed by atoms with van der Waals surface area (Å²) in [5, 5.41) is 10.7. The van der Waals surface area contributed by atoms with Crippen LogP contribution in [0.5, 0.6) is 0 Å². The maximum absolute atomic E-state index is 13.2. The monoisotopic (exact) mass is 1590 g/mol. The average molecular weight is 1590 g/mol. The first kappa shape index (κ1) is 107. The summed E-state index contributed by atoms with van der Waals surface area (Å²) in [6, 6.07) is 0. The van der Waals surface area contributed by atoms with Crippen molar-refractivity contribution in [3.05, 3.63) is 0 Å². The third-order valence-corrected chi connectivity index (χ3v) is 23.2. The van der Waals surface area contributed by atoms with E-state index in [-0.39, 0.29) is 25.7 Å². The predicted octanol–water partition coefficient (Wildman–Crippen LogP) is 27.9. The van der Waals surface area contributed by atoms with Crippen LogP contribution in [0.25, 0.3) is 0 Å². The van der Waals surface area contributed by atoms with Gasteiger partial charge in [0.2, 0.25) is 0 Å². The number of hydrogen-bond acceptors (Lipinski definition) is 15. The molecule has 0 spiro atoms. The molecule has 0 aliphatic heterocycles. The van der Waals surface area contributed by atoms with Crippen molar-refractivity contribution in [1.82, 2.24) is 0 Å². The molecule has 2 unspecified atom stereocenters. The van der Waals surface area contributed by atoms with Crippen molar-refractivity contribution in [2.75, 3.05) is 39.6 Å². The van der Waals surface area contributed by atoms with Gasteiger partial charge in [0.1, 0.15) is 19.3 Å². The number of carbonyl (C=O) groups excluding carboxylic acids is 4. The minimum atomic E-state index is -4.97. The Morgan fingerprint density at radius 3 is 0.624 bits per heavy atom. The van der Waals surface area contributed by atoms with E-state index in [4.69, 9.17) is 37.0 Å². The lowest BCUT2D eigenvalue weighted by Gasteiger charge is -2.21. The zero-order valence-corrected chi connectivity index (χ0v) is 73.5. The first-order chi connectivity index (χ1) is 53.0. The molecule has 3 N–H and O–H groups in total. The molecule has 0 amide bonds. The normalized spacial score (nSPS) is 13.7. The molecule has 5 atom stereocenters. The number of unbranched alkanes of at least 4 members (excludes halogenated alkanes) is 62. The van der Waals surface area contributed by atoms with Gasteiger partial charge in [-0.05, 0) is 31.6 Å². The molecule has 0 aliphatic rings. The number of aliphatic hydroxyl groups is 1. The van der Waals surface area contributed by atoms with Crippen molar-refractivity contribution in [1.29, 1.82) is 0 Å². The fraction of sp³-hybridized carbons (Fsp3) is 0.956. The number of hydrogen-bond donors (Lipinski definition) is 3. The lowest BCUT2D eigenvalue weighted by molar-refractivity contribution is -0.161. The Morgan fingerprint density at radius 1 is 0.248 bits per heavy atom. The van der Waals surface area contributed by atoms with Crippen LogP contribution in [-0.4, -0.2) is 96.7 Å². The maximum Gasteiger partial charge on any atom is 0.472 e. The number of esters is 4. The van der Waals surface area contributed by atoms with Gasteiger partial charge < -0.3 is 33.8 Å². The quantitative estimate of drug-likeness (QED) is 0.0222. The Hall–Kier alpha value is -1.94. The smallest absolute Gasteiger partial charge is 0.462 e. The topological polar surface area (TPSA) is 237 Å². The first-order valence-corrected chi connectivity index (χ1v) is 49.6. The van der Waals surface area contributed by atoms with E-state index in [0.29, 0.717) is 31.6 Å². The molecular weight excluding hydrogens is 1410 g/mol. The van der Waals surface area contributed by atoms with Gasteiger partial charge in [0.15, 0.2) is 12.2 Å². The minimum Gasteiger partial charge on any atom is -0.462 e. The van der Waals surface area contributed by atoms with Crippen molar-refractivity contribution in [3.8, 4) is 0 Å². The van der Waals surface area contributed by atoms with Gasteiger partial charge in [-0.1, -0.05) is 439 Å². The molecule has 0 fully saturated rings. The lowest BCUT2D eigenvalue weighted by atomic mass is 10.0. The van der Waals surface area contributed by atoms with Gasteiger partial charge in [0.25, 0.3) is 0 Å². The number of aliphatic hydroxyl groups excluding tert-OH is 1. The second-order valence-electron chi connectivity index (χ2n) is 32.8. The Kier molecular flexibility index (Phi) is 81.1. The zero-order chi connectivity index (χ0) is 79.7. The number of ether oxygens (including phenoxy) is 4.